The van der Waals surface area contributed by atoms with E-state index in [1.54, 1.807) is 0 Å². The third-order valence-electron chi connectivity index (χ3n) is 4.27. The van der Waals surface area contributed by atoms with Crippen molar-refractivity contribution in [2.24, 2.45) is 0 Å². The average molecular weight is 260 g/mol. The molecule has 6 heteroatoms. The van der Waals surface area contributed by atoms with Gasteiger partial charge in [0.05, 0.1) is 0 Å². The van der Waals surface area contributed by atoms with Crippen LogP contribution in [0.15, 0.2) is 15.8 Å². The van der Waals surface area contributed by atoms with Crippen molar-refractivity contribution in [2.75, 3.05) is 13.1 Å². The van der Waals surface area contributed by atoms with Crippen molar-refractivity contribution >= 4 is 0 Å². The first-order valence-electron chi connectivity index (χ1n) is 6.68. The van der Waals surface area contributed by atoms with E-state index in [-0.39, 0.29) is 11.6 Å². The van der Waals surface area contributed by atoms with E-state index in [9.17, 15) is 9.59 Å². The highest BCUT2D eigenvalue weighted by Crippen LogP contribution is 2.32. The highest BCUT2D eigenvalue weighted by atomic mass is 16.2. The van der Waals surface area contributed by atoms with E-state index in [0.29, 0.717) is 6.04 Å². The average Bonchev–Trinajstić information content (AvgIpc) is 2.86. The van der Waals surface area contributed by atoms with Gasteiger partial charge in [-0.05, 0) is 32.2 Å². The highest BCUT2D eigenvalue weighted by molar-refractivity contribution is 5.22. The molecule has 3 rings (SSSR count). The second kappa shape index (κ2) is 4.67. The van der Waals surface area contributed by atoms with Gasteiger partial charge in [0.1, 0.15) is 11.6 Å². The summed E-state index contributed by atoms with van der Waals surface area (Å²) in [6, 6.07) is 2.47. The third-order valence-corrected chi connectivity index (χ3v) is 4.27. The van der Waals surface area contributed by atoms with E-state index in [1.165, 1.54) is 23.6 Å². The summed E-state index contributed by atoms with van der Waals surface area (Å²) in [4.78, 5) is 28.0. The monoisotopic (exact) mass is 260 g/mol. The van der Waals surface area contributed by atoms with Crippen LogP contribution in [0.25, 0.3) is 0 Å². The van der Waals surface area contributed by atoms with Gasteiger partial charge in [-0.3, -0.25) is 14.3 Å². The van der Waals surface area contributed by atoms with E-state index in [4.69, 9.17) is 5.26 Å². The Balaban J connectivity index is 1.92. The normalized spacial score (nSPS) is 26.9. The number of nitriles is 1. The molecule has 6 nitrogen and oxygen atoms in total. The maximum absolute atomic E-state index is 11.9. The fourth-order valence-corrected chi connectivity index (χ4v) is 3.29. The predicted octanol–water partition coefficient (Wildman–Crippen LogP) is 0.208. The number of nitrogens with zero attached hydrogens (tertiary/aromatic N) is 3. The fraction of sp³-hybridized carbons (Fsp3) is 0.615. The van der Waals surface area contributed by atoms with Crippen LogP contribution in [-0.4, -0.2) is 33.6 Å². The number of hydrogen-bond donors (Lipinski definition) is 1. The molecule has 100 valence electrons. The zero-order valence-electron chi connectivity index (χ0n) is 10.6. The SMILES string of the molecule is N#Cc1cn(C2CCN3CCCC3C2)c(=O)[nH]c1=O. The van der Waals surface area contributed by atoms with Gasteiger partial charge in [-0.15, -0.1) is 0 Å². The van der Waals surface area contributed by atoms with Crippen LogP contribution in [-0.2, 0) is 0 Å². The number of aromatic amines is 1. The van der Waals surface area contributed by atoms with E-state index in [1.807, 2.05) is 6.07 Å². The van der Waals surface area contributed by atoms with Crippen LogP contribution in [0, 0.1) is 11.3 Å². The summed E-state index contributed by atoms with van der Waals surface area (Å²) in [5.41, 5.74) is -0.990. The Kier molecular flexibility index (Phi) is 2.99. The lowest BCUT2D eigenvalue weighted by Gasteiger charge is -2.35. The van der Waals surface area contributed by atoms with E-state index >= 15 is 0 Å². The minimum Gasteiger partial charge on any atom is -0.300 e. The van der Waals surface area contributed by atoms with Crippen molar-refractivity contribution < 1.29 is 0 Å². The molecular weight excluding hydrogens is 244 g/mol. The third kappa shape index (κ3) is 2.10. The first-order valence-corrected chi connectivity index (χ1v) is 6.68. The summed E-state index contributed by atoms with van der Waals surface area (Å²) in [7, 11) is 0. The lowest BCUT2D eigenvalue weighted by atomic mass is 9.97. The van der Waals surface area contributed by atoms with Crippen LogP contribution in [0.4, 0.5) is 0 Å². The Morgan fingerprint density at radius 2 is 2.11 bits per heavy atom. The lowest BCUT2D eigenvalue weighted by molar-refractivity contribution is 0.153. The Labute approximate surface area is 110 Å². The summed E-state index contributed by atoms with van der Waals surface area (Å²) < 4.78 is 1.54. The number of aromatic nitrogens is 2. The van der Waals surface area contributed by atoms with Gasteiger partial charge in [-0.1, -0.05) is 0 Å². The van der Waals surface area contributed by atoms with Crippen LogP contribution in [0.5, 0.6) is 0 Å². The molecule has 2 fully saturated rings. The van der Waals surface area contributed by atoms with Gasteiger partial charge >= 0.3 is 5.69 Å². The number of hydrogen-bond acceptors (Lipinski definition) is 4. The molecule has 0 spiro atoms. The smallest absolute Gasteiger partial charge is 0.300 e. The Hall–Kier alpha value is -1.87. The molecule has 2 saturated heterocycles. The molecule has 2 aliphatic heterocycles. The molecular formula is C13H16N4O2. The van der Waals surface area contributed by atoms with E-state index < -0.39 is 11.2 Å². The fourth-order valence-electron chi connectivity index (χ4n) is 3.29. The van der Waals surface area contributed by atoms with Crippen LogP contribution in [0.1, 0.15) is 37.3 Å². The second-order valence-corrected chi connectivity index (χ2v) is 5.33. The molecule has 0 aliphatic carbocycles. The highest BCUT2D eigenvalue weighted by Gasteiger charge is 2.32. The minimum atomic E-state index is -0.595. The predicted molar refractivity (Wildman–Crippen MR) is 68.9 cm³/mol. The first kappa shape index (κ1) is 12.2. The molecule has 3 heterocycles. The van der Waals surface area contributed by atoms with Gasteiger partial charge in [0.2, 0.25) is 0 Å². The number of H-pyrrole nitrogens is 1. The van der Waals surface area contributed by atoms with E-state index in [2.05, 4.69) is 9.88 Å². The quantitative estimate of drug-likeness (QED) is 0.782. The number of piperidine rings is 1. The molecule has 2 atom stereocenters. The zero-order chi connectivity index (χ0) is 13.4. The van der Waals surface area contributed by atoms with E-state index in [0.717, 1.165) is 25.9 Å². The molecule has 1 aromatic heterocycles. The molecule has 1 N–H and O–H groups in total. The van der Waals surface area contributed by atoms with Gasteiger partial charge in [-0.2, -0.15) is 5.26 Å². The Bertz CT molecular complexity index is 639. The van der Waals surface area contributed by atoms with Crippen molar-refractivity contribution in [3.63, 3.8) is 0 Å². The maximum Gasteiger partial charge on any atom is 0.328 e. The topological polar surface area (TPSA) is 81.9 Å². The number of fused-ring (bicyclic) bond motifs is 1. The summed E-state index contributed by atoms with van der Waals surface area (Å²) in [5.74, 6) is 0. The van der Waals surface area contributed by atoms with Crippen molar-refractivity contribution in [3.05, 3.63) is 32.6 Å². The standard InChI is InChI=1S/C13H16N4O2/c14-7-9-8-17(13(19)15-12(9)18)11-3-5-16-4-1-2-10(16)6-11/h8,10-11H,1-6H2,(H,15,18,19). The Morgan fingerprint density at radius 3 is 2.89 bits per heavy atom. The van der Waals surface area contributed by atoms with Crippen molar-refractivity contribution in [1.82, 2.24) is 14.5 Å². The molecule has 19 heavy (non-hydrogen) atoms. The van der Waals surface area contributed by atoms with Gasteiger partial charge < -0.3 is 4.90 Å². The van der Waals surface area contributed by atoms with Gasteiger partial charge in [-0.25, -0.2) is 4.79 Å². The maximum atomic E-state index is 11.9. The summed E-state index contributed by atoms with van der Waals surface area (Å²) in [6.07, 6.45) is 5.64. The summed E-state index contributed by atoms with van der Waals surface area (Å²) >= 11 is 0. The van der Waals surface area contributed by atoms with Crippen LogP contribution < -0.4 is 11.2 Å². The molecule has 1 aromatic rings. The van der Waals surface area contributed by atoms with Crippen LogP contribution in [0.3, 0.4) is 0 Å². The Morgan fingerprint density at radius 1 is 1.26 bits per heavy atom. The van der Waals surface area contributed by atoms with Gasteiger partial charge in [0.15, 0.2) is 0 Å². The number of rotatable bonds is 1. The van der Waals surface area contributed by atoms with Crippen molar-refractivity contribution in [2.45, 2.75) is 37.8 Å². The molecule has 0 saturated carbocycles. The summed E-state index contributed by atoms with van der Waals surface area (Å²) in [5, 5.41) is 8.89. The first-order chi connectivity index (χ1) is 9.19. The summed E-state index contributed by atoms with van der Waals surface area (Å²) in [6.45, 7) is 2.14. The van der Waals surface area contributed by atoms with Crippen molar-refractivity contribution in [3.8, 4) is 6.07 Å². The van der Waals surface area contributed by atoms with Gasteiger partial charge in [0.25, 0.3) is 5.56 Å². The molecule has 0 bridgehead atoms. The molecule has 0 radical (unpaired) electrons. The minimum absolute atomic E-state index is 0.00783. The number of nitrogens with one attached hydrogen (secondary N) is 1. The van der Waals surface area contributed by atoms with Gasteiger partial charge in [0, 0.05) is 24.8 Å². The van der Waals surface area contributed by atoms with Crippen molar-refractivity contribution in [1.29, 1.82) is 5.26 Å². The zero-order valence-corrected chi connectivity index (χ0v) is 10.6. The molecule has 0 aromatic carbocycles. The molecule has 2 unspecified atom stereocenters. The lowest BCUT2D eigenvalue weighted by Crippen LogP contribution is -2.42. The molecule has 2 aliphatic rings. The van der Waals surface area contributed by atoms with Crippen LogP contribution in [0.2, 0.25) is 0 Å². The second-order valence-electron chi connectivity index (χ2n) is 5.33. The van der Waals surface area contributed by atoms with Crippen LogP contribution >= 0.6 is 0 Å². The largest absolute Gasteiger partial charge is 0.328 e. The molecule has 0 amide bonds.